The summed E-state index contributed by atoms with van der Waals surface area (Å²) in [6.07, 6.45) is -1.24. The van der Waals surface area contributed by atoms with E-state index in [0.717, 1.165) is 17.7 Å². The first-order valence-corrected chi connectivity index (χ1v) is 8.78. The molecule has 30 heavy (non-hydrogen) atoms. The van der Waals surface area contributed by atoms with Gasteiger partial charge in [0.05, 0.1) is 38.0 Å². The Hall–Kier alpha value is -3.82. The molecule has 2 aromatic rings. The lowest BCUT2D eigenvalue weighted by Crippen LogP contribution is -2.30. The molecule has 160 valence electrons. The van der Waals surface area contributed by atoms with Crippen molar-refractivity contribution in [2.24, 2.45) is 0 Å². The van der Waals surface area contributed by atoms with E-state index in [4.69, 9.17) is 18.9 Å². The van der Waals surface area contributed by atoms with Crippen molar-refractivity contribution in [1.29, 1.82) is 0 Å². The minimum absolute atomic E-state index is 0.0816. The van der Waals surface area contributed by atoms with E-state index in [1.54, 1.807) is 12.1 Å². The van der Waals surface area contributed by atoms with E-state index in [-0.39, 0.29) is 17.1 Å². The third kappa shape index (κ3) is 4.96. The van der Waals surface area contributed by atoms with E-state index < -0.39 is 28.6 Å². The molecule has 0 saturated heterocycles. The van der Waals surface area contributed by atoms with Crippen LogP contribution in [-0.2, 0) is 9.53 Å². The standard InChI is InChI=1S/C20H22N2O8/c1-11-6-7-16(27-3)14(8-11)21-19(23)12(2)30-20(24)13-9-17(28-4)18(29-5)10-15(13)22(25)26/h6-10,12H,1-5H3,(H,21,23)/t12-/m1/s1. The molecule has 1 amide bonds. The fourth-order valence-electron chi connectivity index (χ4n) is 2.61. The molecular formula is C20H22N2O8. The van der Waals surface area contributed by atoms with Gasteiger partial charge in [0.1, 0.15) is 11.3 Å². The molecule has 1 atom stereocenters. The minimum atomic E-state index is -1.24. The summed E-state index contributed by atoms with van der Waals surface area (Å²) in [5.41, 5.74) is 0.384. The Morgan fingerprint density at radius 3 is 2.17 bits per heavy atom. The zero-order valence-corrected chi connectivity index (χ0v) is 17.2. The number of nitrogens with one attached hydrogen (secondary N) is 1. The number of ether oxygens (including phenoxy) is 4. The number of rotatable bonds is 8. The van der Waals surface area contributed by atoms with Gasteiger partial charge in [-0.25, -0.2) is 4.79 Å². The Morgan fingerprint density at radius 1 is 1.00 bits per heavy atom. The van der Waals surface area contributed by atoms with Gasteiger partial charge in [-0.1, -0.05) is 6.07 Å². The normalized spacial score (nSPS) is 11.2. The molecule has 0 spiro atoms. The number of methoxy groups -OCH3 is 3. The van der Waals surface area contributed by atoms with E-state index in [9.17, 15) is 19.7 Å². The summed E-state index contributed by atoms with van der Waals surface area (Å²) < 4.78 is 20.4. The number of nitro groups is 1. The summed E-state index contributed by atoms with van der Waals surface area (Å²) >= 11 is 0. The molecule has 2 rings (SSSR count). The molecule has 0 aliphatic heterocycles. The van der Waals surface area contributed by atoms with Crippen LogP contribution in [0.25, 0.3) is 0 Å². The monoisotopic (exact) mass is 418 g/mol. The quantitative estimate of drug-likeness (QED) is 0.394. The lowest BCUT2D eigenvalue weighted by Gasteiger charge is -2.16. The molecule has 0 fully saturated rings. The summed E-state index contributed by atoms with van der Waals surface area (Å²) in [4.78, 5) is 35.6. The lowest BCUT2D eigenvalue weighted by molar-refractivity contribution is -0.385. The number of esters is 1. The number of hydrogen-bond donors (Lipinski definition) is 1. The highest BCUT2D eigenvalue weighted by molar-refractivity contribution is 6.00. The molecule has 0 unspecified atom stereocenters. The van der Waals surface area contributed by atoms with Crippen molar-refractivity contribution in [2.45, 2.75) is 20.0 Å². The van der Waals surface area contributed by atoms with Crippen LogP contribution in [0.1, 0.15) is 22.8 Å². The van der Waals surface area contributed by atoms with Crippen molar-refractivity contribution in [3.63, 3.8) is 0 Å². The van der Waals surface area contributed by atoms with Gasteiger partial charge in [-0.2, -0.15) is 0 Å². The Bertz CT molecular complexity index is 974. The first-order valence-electron chi connectivity index (χ1n) is 8.78. The highest BCUT2D eigenvalue weighted by Crippen LogP contribution is 2.35. The summed E-state index contributed by atoms with van der Waals surface area (Å²) in [7, 11) is 4.09. The van der Waals surface area contributed by atoms with Gasteiger partial charge in [-0.3, -0.25) is 14.9 Å². The molecule has 10 nitrogen and oxygen atoms in total. The second-order valence-electron chi connectivity index (χ2n) is 6.22. The molecule has 10 heteroatoms. The number of anilines is 1. The van der Waals surface area contributed by atoms with Gasteiger partial charge in [-0.15, -0.1) is 0 Å². The van der Waals surface area contributed by atoms with Crippen molar-refractivity contribution in [1.82, 2.24) is 0 Å². The average Bonchev–Trinajstić information content (AvgIpc) is 2.72. The fourth-order valence-corrected chi connectivity index (χ4v) is 2.61. The van der Waals surface area contributed by atoms with E-state index >= 15 is 0 Å². The number of carbonyl (C=O) groups is 2. The van der Waals surface area contributed by atoms with Gasteiger partial charge in [0.15, 0.2) is 17.6 Å². The van der Waals surface area contributed by atoms with Crippen molar-refractivity contribution < 1.29 is 33.5 Å². The summed E-state index contributed by atoms with van der Waals surface area (Å²) in [6.45, 7) is 3.19. The van der Waals surface area contributed by atoms with E-state index in [0.29, 0.717) is 11.4 Å². The van der Waals surface area contributed by atoms with Gasteiger partial charge in [-0.05, 0) is 31.5 Å². The summed E-state index contributed by atoms with van der Waals surface area (Å²) in [5.74, 6) is -1.06. The molecule has 2 aromatic carbocycles. The largest absolute Gasteiger partial charge is 0.495 e. The lowest BCUT2D eigenvalue weighted by atomic mass is 10.1. The van der Waals surface area contributed by atoms with Gasteiger partial charge < -0.3 is 24.3 Å². The van der Waals surface area contributed by atoms with E-state index in [2.05, 4.69) is 5.32 Å². The maximum atomic E-state index is 12.6. The molecular weight excluding hydrogens is 396 g/mol. The Balaban J connectivity index is 2.24. The van der Waals surface area contributed by atoms with Gasteiger partial charge in [0, 0.05) is 6.07 Å². The van der Waals surface area contributed by atoms with Crippen LogP contribution >= 0.6 is 0 Å². The summed E-state index contributed by atoms with van der Waals surface area (Å²) in [5, 5.41) is 14.0. The van der Waals surface area contributed by atoms with Gasteiger partial charge in [0.2, 0.25) is 0 Å². The molecule has 0 radical (unpaired) electrons. The predicted octanol–water partition coefficient (Wildman–Crippen LogP) is 3.11. The second kappa shape index (κ2) is 9.59. The average molecular weight is 418 g/mol. The Kier molecular flexibility index (Phi) is 7.18. The smallest absolute Gasteiger partial charge is 0.346 e. The Labute approximate surface area is 172 Å². The van der Waals surface area contributed by atoms with Crippen LogP contribution in [0.3, 0.4) is 0 Å². The summed E-state index contributed by atoms with van der Waals surface area (Å²) in [6, 6.07) is 7.39. The highest BCUT2D eigenvalue weighted by atomic mass is 16.6. The third-order valence-electron chi connectivity index (χ3n) is 4.18. The van der Waals surface area contributed by atoms with Crippen LogP contribution in [0.4, 0.5) is 11.4 Å². The topological polar surface area (TPSA) is 126 Å². The number of hydrogen-bond acceptors (Lipinski definition) is 8. The first kappa shape index (κ1) is 22.5. The molecule has 0 saturated carbocycles. The van der Waals surface area contributed by atoms with Crippen molar-refractivity contribution in [3.8, 4) is 17.2 Å². The highest BCUT2D eigenvalue weighted by Gasteiger charge is 2.28. The number of amides is 1. The number of aryl methyl sites for hydroxylation is 1. The van der Waals surface area contributed by atoms with Crippen LogP contribution in [0.2, 0.25) is 0 Å². The van der Waals surface area contributed by atoms with Crippen LogP contribution in [0.15, 0.2) is 30.3 Å². The molecule has 1 N–H and O–H groups in total. The fraction of sp³-hybridized carbons (Fsp3) is 0.300. The molecule has 0 bridgehead atoms. The van der Waals surface area contributed by atoms with Crippen LogP contribution < -0.4 is 19.5 Å². The zero-order valence-electron chi connectivity index (χ0n) is 17.2. The second-order valence-corrected chi connectivity index (χ2v) is 6.22. The number of benzene rings is 2. The molecule has 0 heterocycles. The van der Waals surface area contributed by atoms with Crippen LogP contribution in [0, 0.1) is 17.0 Å². The number of carbonyl (C=O) groups excluding carboxylic acids is 2. The Morgan fingerprint density at radius 2 is 1.60 bits per heavy atom. The molecule has 0 aromatic heterocycles. The van der Waals surface area contributed by atoms with Crippen LogP contribution in [0.5, 0.6) is 17.2 Å². The van der Waals surface area contributed by atoms with Crippen molar-refractivity contribution in [2.75, 3.05) is 26.6 Å². The van der Waals surface area contributed by atoms with Crippen molar-refractivity contribution in [3.05, 3.63) is 51.6 Å². The third-order valence-corrected chi connectivity index (χ3v) is 4.18. The van der Waals surface area contributed by atoms with E-state index in [1.807, 2.05) is 13.0 Å². The van der Waals surface area contributed by atoms with Crippen LogP contribution in [-0.4, -0.2) is 44.2 Å². The minimum Gasteiger partial charge on any atom is -0.495 e. The maximum absolute atomic E-state index is 12.6. The first-order chi connectivity index (χ1) is 14.2. The van der Waals surface area contributed by atoms with E-state index in [1.165, 1.54) is 28.3 Å². The SMILES string of the molecule is COc1ccc(C)cc1NC(=O)[C@@H](C)OC(=O)c1cc(OC)c(OC)cc1[N+](=O)[O-]. The zero-order chi connectivity index (χ0) is 22.4. The predicted molar refractivity (Wildman–Crippen MR) is 107 cm³/mol. The number of nitrogens with zero attached hydrogens (tertiary/aromatic N) is 1. The number of nitro benzene ring substituents is 1. The molecule has 0 aliphatic rings. The molecule has 0 aliphatic carbocycles. The maximum Gasteiger partial charge on any atom is 0.346 e. The van der Waals surface area contributed by atoms with Gasteiger partial charge in [0.25, 0.3) is 11.6 Å². The van der Waals surface area contributed by atoms with Gasteiger partial charge >= 0.3 is 5.97 Å². The van der Waals surface area contributed by atoms with Crippen molar-refractivity contribution >= 4 is 23.3 Å².